The summed E-state index contributed by atoms with van der Waals surface area (Å²) in [5, 5.41) is 3.44. The Morgan fingerprint density at radius 1 is 1.29 bits per heavy atom. The summed E-state index contributed by atoms with van der Waals surface area (Å²) in [6, 6.07) is 0.719. The number of nitrogens with zero attached hydrogens (tertiary/aromatic N) is 3. The molecule has 0 aliphatic carbocycles. The minimum atomic E-state index is 0.0726. The van der Waals surface area contributed by atoms with Gasteiger partial charge < -0.3 is 14.8 Å². The molecular formula is C10H15ClN4O2. The average Bonchev–Trinajstić information content (AvgIpc) is 2.37. The number of nitrogens with one attached hydrogen (secondary N) is 1. The Labute approximate surface area is 105 Å². The van der Waals surface area contributed by atoms with E-state index in [2.05, 4.69) is 20.3 Å². The SMILES string of the molecule is COc1nc(Cl)nc(OCC2CCCCN2)n1. The van der Waals surface area contributed by atoms with E-state index in [4.69, 9.17) is 21.1 Å². The van der Waals surface area contributed by atoms with Gasteiger partial charge in [0.25, 0.3) is 0 Å². The Bertz CT molecular complexity index is 371. The fourth-order valence-corrected chi connectivity index (χ4v) is 1.86. The number of halogens is 1. The fraction of sp³-hybridized carbons (Fsp3) is 0.700. The second-order valence-electron chi connectivity index (χ2n) is 3.83. The Hall–Kier alpha value is -1.14. The molecule has 7 heteroatoms. The van der Waals surface area contributed by atoms with E-state index >= 15 is 0 Å². The number of methoxy groups -OCH3 is 1. The Morgan fingerprint density at radius 2 is 2.12 bits per heavy atom. The van der Waals surface area contributed by atoms with Crippen molar-refractivity contribution in [1.29, 1.82) is 0 Å². The van der Waals surface area contributed by atoms with Crippen molar-refractivity contribution >= 4 is 11.6 Å². The highest BCUT2D eigenvalue weighted by Crippen LogP contribution is 2.14. The molecule has 1 aromatic heterocycles. The maximum Gasteiger partial charge on any atom is 0.323 e. The fourth-order valence-electron chi connectivity index (χ4n) is 1.71. The molecule has 1 saturated heterocycles. The molecule has 2 rings (SSSR count). The van der Waals surface area contributed by atoms with Crippen LogP contribution in [0.4, 0.5) is 0 Å². The summed E-state index contributed by atoms with van der Waals surface area (Å²) in [6.07, 6.45) is 3.56. The van der Waals surface area contributed by atoms with E-state index in [1.165, 1.54) is 20.0 Å². The molecule has 1 aliphatic heterocycles. The van der Waals surface area contributed by atoms with E-state index < -0.39 is 0 Å². The predicted octanol–water partition coefficient (Wildman–Crippen LogP) is 1.05. The summed E-state index contributed by atoms with van der Waals surface area (Å²) >= 11 is 5.71. The van der Waals surface area contributed by atoms with Crippen LogP contribution in [0.3, 0.4) is 0 Å². The molecule has 17 heavy (non-hydrogen) atoms. The molecule has 2 heterocycles. The lowest BCUT2D eigenvalue weighted by molar-refractivity contribution is 0.220. The smallest absolute Gasteiger partial charge is 0.323 e. The quantitative estimate of drug-likeness (QED) is 0.871. The lowest BCUT2D eigenvalue weighted by Crippen LogP contribution is -2.38. The lowest BCUT2D eigenvalue weighted by atomic mass is 10.1. The van der Waals surface area contributed by atoms with Gasteiger partial charge in [0.05, 0.1) is 7.11 Å². The highest BCUT2D eigenvalue weighted by atomic mass is 35.5. The molecule has 0 spiro atoms. The highest BCUT2D eigenvalue weighted by Gasteiger charge is 2.14. The van der Waals surface area contributed by atoms with E-state index in [9.17, 15) is 0 Å². The van der Waals surface area contributed by atoms with Crippen molar-refractivity contribution in [3.05, 3.63) is 5.28 Å². The Morgan fingerprint density at radius 3 is 2.82 bits per heavy atom. The van der Waals surface area contributed by atoms with E-state index in [-0.39, 0.29) is 17.3 Å². The lowest BCUT2D eigenvalue weighted by Gasteiger charge is -2.22. The molecule has 0 amide bonds. The van der Waals surface area contributed by atoms with Crippen LogP contribution in [0.1, 0.15) is 19.3 Å². The highest BCUT2D eigenvalue weighted by molar-refractivity contribution is 6.28. The summed E-state index contributed by atoms with van der Waals surface area (Å²) in [5.41, 5.74) is 0. The van der Waals surface area contributed by atoms with E-state index in [1.54, 1.807) is 0 Å². The Kier molecular flexibility index (Phi) is 4.33. The number of rotatable bonds is 4. The zero-order valence-corrected chi connectivity index (χ0v) is 10.4. The van der Waals surface area contributed by atoms with Gasteiger partial charge in [-0.3, -0.25) is 0 Å². The predicted molar refractivity (Wildman–Crippen MR) is 62.5 cm³/mol. The van der Waals surface area contributed by atoms with Crippen LogP contribution in [-0.4, -0.2) is 41.3 Å². The number of hydrogen-bond donors (Lipinski definition) is 1. The van der Waals surface area contributed by atoms with Gasteiger partial charge in [-0.2, -0.15) is 9.97 Å². The van der Waals surface area contributed by atoms with Crippen molar-refractivity contribution in [3.63, 3.8) is 0 Å². The minimum absolute atomic E-state index is 0.0726. The summed E-state index contributed by atoms with van der Waals surface area (Å²) in [7, 11) is 1.47. The van der Waals surface area contributed by atoms with Gasteiger partial charge in [0, 0.05) is 6.04 Å². The van der Waals surface area contributed by atoms with Gasteiger partial charge in [0.15, 0.2) is 0 Å². The van der Waals surface area contributed by atoms with Gasteiger partial charge in [0.2, 0.25) is 5.28 Å². The van der Waals surface area contributed by atoms with Crippen molar-refractivity contribution in [1.82, 2.24) is 20.3 Å². The van der Waals surface area contributed by atoms with Gasteiger partial charge in [-0.25, -0.2) is 0 Å². The number of aromatic nitrogens is 3. The first-order valence-electron chi connectivity index (χ1n) is 5.59. The standard InChI is InChI=1S/C10H15ClN4O2/c1-16-9-13-8(11)14-10(15-9)17-6-7-4-2-3-5-12-7/h7,12H,2-6H2,1H3. The van der Waals surface area contributed by atoms with E-state index in [1.807, 2.05) is 0 Å². The van der Waals surface area contributed by atoms with Crippen LogP contribution in [-0.2, 0) is 0 Å². The van der Waals surface area contributed by atoms with Crippen molar-refractivity contribution in [2.75, 3.05) is 20.3 Å². The maximum atomic E-state index is 5.71. The molecule has 0 bridgehead atoms. The molecule has 1 unspecified atom stereocenters. The molecule has 1 atom stereocenters. The average molecular weight is 259 g/mol. The van der Waals surface area contributed by atoms with Gasteiger partial charge in [-0.1, -0.05) is 6.42 Å². The normalized spacial score (nSPS) is 20.0. The summed E-state index contributed by atoms with van der Waals surface area (Å²) in [6.45, 7) is 1.57. The number of piperidine rings is 1. The molecule has 1 N–H and O–H groups in total. The van der Waals surface area contributed by atoms with Crippen LogP contribution >= 0.6 is 11.6 Å². The maximum absolute atomic E-state index is 5.71. The molecule has 0 saturated carbocycles. The third-order valence-corrected chi connectivity index (χ3v) is 2.74. The topological polar surface area (TPSA) is 69.2 Å². The molecular weight excluding hydrogens is 244 g/mol. The summed E-state index contributed by atoms with van der Waals surface area (Å²) < 4.78 is 10.4. The molecule has 1 aliphatic rings. The molecule has 6 nitrogen and oxygen atoms in total. The molecule has 1 aromatic rings. The minimum Gasteiger partial charge on any atom is -0.467 e. The second-order valence-corrected chi connectivity index (χ2v) is 4.17. The summed E-state index contributed by atoms with van der Waals surface area (Å²) in [4.78, 5) is 11.6. The van der Waals surface area contributed by atoms with Gasteiger partial charge in [0.1, 0.15) is 6.61 Å². The van der Waals surface area contributed by atoms with Crippen molar-refractivity contribution in [2.24, 2.45) is 0 Å². The van der Waals surface area contributed by atoms with Crippen LogP contribution in [0.5, 0.6) is 12.0 Å². The summed E-state index contributed by atoms with van der Waals surface area (Å²) in [5.74, 6) is 0. The first-order valence-corrected chi connectivity index (χ1v) is 5.97. The largest absolute Gasteiger partial charge is 0.467 e. The molecule has 0 aromatic carbocycles. The number of ether oxygens (including phenoxy) is 2. The van der Waals surface area contributed by atoms with Crippen molar-refractivity contribution in [2.45, 2.75) is 25.3 Å². The van der Waals surface area contributed by atoms with Crippen LogP contribution in [0, 0.1) is 0 Å². The first-order chi connectivity index (χ1) is 8.28. The third kappa shape index (κ3) is 3.67. The molecule has 1 fully saturated rings. The third-order valence-electron chi connectivity index (χ3n) is 2.58. The van der Waals surface area contributed by atoms with Crippen LogP contribution < -0.4 is 14.8 Å². The zero-order chi connectivity index (χ0) is 12.1. The zero-order valence-electron chi connectivity index (χ0n) is 9.65. The number of hydrogen-bond acceptors (Lipinski definition) is 6. The second kappa shape index (κ2) is 5.97. The van der Waals surface area contributed by atoms with Crippen LogP contribution in [0.15, 0.2) is 0 Å². The van der Waals surface area contributed by atoms with Crippen LogP contribution in [0.25, 0.3) is 0 Å². The van der Waals surface area contributed by atoms with Gasteiger partial charge >= 0.3 is 12.0 Å². The first kappa shape index (κ1) is 12.3. The monoisotopic (exact) mass is 258 g/mol. The molecule has 0 radical (unpaired) electrons. The van der Waals surface area contributed by atoms with Gasteiger partial charge in [-0.15, -0.1) is 4.98 Å². The van der Waals surface area contributed by atoms with Gasteiger partial charge in [-0.05, 0) is 31.0 Å². The van der Waals surface area contributed by atoms with Crippen LogP contribution in [0.2, 0.25) is 5.28 Å². The van der Waals surface area contributed by atoms with Crippen molar-refractivity contribution in [3.8, 4) is 12.0 Å². The molecule has 94 valence electrons. The van der Waals surface area contributed by atoms with Crippen molar-refractivity contribution < 1.29 is 9.47 Å². The van der Waals surface area contributed by atoms with E-state index in [0.717, 1.165) is 13.0 Å². The van der Waals surface area contributed by atoms with E-state index in [0.29, 0.717) is 12.6 Å². The Balaban J connectivity index is 1.91.